The van der Waals surface area contributed by atoms with E-state index in [0.29, 0.717) is 11.9 Å². The van der Waals surface area contributed by atoms with Gasteiger partial charge in [-0.3, -0.25) is 4.98 Å². The summed E-state index contributed by atoms with van der Waals surface area (Å²) in [4.78, 5) is 23.7. The van der Waals surface area contributed by atoms with Gasteiger partial charge in [-0.15, -0.1) is 0 Å². The molecule has 4 rings (SSSR count). The first-order valence-electron chi connectivity index (χ1n) is 8.39. The third-order valence-electron chi connectivity index (χ3n) is 4.36. The summed E-state index contributed by atoms with van der Waals surface area (Å²) in [7, 11) is 0. The van der Waals surface area contributed by atoms with Gasteiger partial charge in [-0.05, 0) is 36.6 Å². The fraction of sp³-hybridized carbons (Fsp3) is 0.278. The number of nitrogens with one attached hydrogen (secondary N) is 1. The van der Waals surface area contributed by atoms with Gasteiger partial charge in [-0.25, -0.2) is 19.9 Å². The Labute approximate surface area is 146 Å². The Morgan fingerprint density at radius 1 is 1.00 bits per heavy atom. The summed E-state index contributed by atoms with van der Waals surface area (Å²) in [5.41, 5.74) is 1.27. The molecule has 3 aromatic rings. The highest BCUT2D eigenvalue weighted by atomic mass is 15.2. The predicted molar refractivity (Wildman–Crippen MR) is 95.8 cm³/mol. The average Bonchev–Trinajstić information content (AvgIpc) is 2.70. The van der Waals surface area contributed by atoms with Crippen molar-refractivity contribution in [2.75, 3.05) is 23.3 Å². The highest BCUT2D eigenvalue weighted by molar-refractivity contribution is 5.49. The van der Waals surface area contributed by atoms with Crippen molar-refractivity contribution in [1.82, 2.24) is 24.9 Å². The third kappa shape index (κ3) is 3.71. The molecule has 0 radical (unpaired) electrons. The molecule has 0 aliphatic carbocycles. The Bertz CT molecular complexity index is 810. The summed E-state index contributed by atoms with van der Waals surface area (Å²) in [6.45, 7) is 1.95. The SMILES string of the molecule is c1cnc(Nc2cc(C3CCCN(c4cnccn4)C3)ccn2)nc1. The second kappa shape index (κ2) is 7.21. The molecule has 0 amide bonds. The largest absolute Gasteiger partial charge is 0.355 e. The molecule has 0 bridgehead atoms. The first-order chi connectivity index (χ1) is 12.4. The summed E-state index contributed by atoms with van der Waals surface area (Å²) >= 11 is 0. The number of nitrogens with zero attached hydrogens (tertiary/aromatic N) is 6. The number of pyridine rings is 1. The van der Waals surface area contributed by atoms with E-state index < -0.39 is 0 Å². The molecule has 0 saturated carbocycles. The molecule has 1 saturated heterocycles. The van der Waals surface area contributed by atoms with Crippen molar-refractivity contribution in [2.45, 2.75) is 18.8 Å². The molecule has 1 N–H and O–H groups in total. The molecule has 1 aliphatic heterocycles. The highest BCUT2D eigenvalue weighted by Gasteiger charge is 2.22. The third-order valence-corrected chi connectivity index (χ3v) is 4.36. The van der Waals surface area contributed by atoms with E-state index in [1.54, 1.807) is 30.9 Å². The van der Waals surface area contributed by atoms with Gasteiger partial charge < -0.3 is 10.2 Å². The van der Waals surface area contributed by atoms with Crippen molar-refractivity contribution >= 4 is 17.6 Å². The normalized spacial score (nSPS) is 17.3. The monoisotopic (exact) mass is 333 g/mol. The molecule has 4 heterocycles. The van der Waals surface area contributed by atoms with E-state index in [1.807, 2.05) is 12.4 Å². The van der Waals surface area contributed by atoms with Crippen LogP contribution in [0.2, 0.25) is 0 Å². The zero-order valence-electron chi connectivity index (χ0n) is 13.8. The minimum atomic E-state index is 0.441. The number of rotatable bonds is 4. The van der Waals surface area contributed by atoms with E-state index in [9.17, 15) is 0 Å². The van der Waals surface area contributed by atoms with Crippen LogP contribution in [0.4, 0.5) is 17.6 Å². The lowest BCUT2D eigenvalue weighted by Gasteiger charge is -2.33. The van der Waals surface area contributed by atoms with Crippen LogP contribution in [0.3, 0.4) is 0 Å². The first kappa shape index (κ1) is 15.4. The standard InChI is InChI=1S/C18H19N7/c1-3-15(13-25(10-1)17-12-19-8-9-21-17)14-4-7-20-16(11-14)24-18-22-5-2-6-23-18/h2,4-9,11-12,15H,1,3,10,13H2,(H,20,22,23,24). The molecule has 0 spiro atoms. The molecule has 0 aromatic carbocycles. The van der Waals surface area contributed by atoms with Crippen LogP contribution >= 0.6 is 0 Å². The smallest absolute Gasteiger partial charge is 0.228 e. The summed E-state index contributed by atoms with van der Waals surface area (Å²) in [6.07, 6.45) is 12.8. The van der Waals surface area contributed by atoms with Gasteiger partial charge in [0.25, 0.3) is 0 Å². The second-order valence-corrected chi connectivity index (χ2v) is 6.02. The topological polar surface area (TPSA) is 79.7 Å². The minimum absolute atomic E-state index is 0.441. The second-order valence-electron chi connectivity index (χ2n) is 6.02. The highest BCUT2D eigenvalue weighted by Crippen LogP contribution is 2.29. The van der Waals surface area contributed by atoms with Crippen LogP contribution < -0.4 is 10.2 Å². The van der Waals surface area contributed by atoms with Crippen LogP contribution in [0.25, 0.3) is 0 Å². The van der Waals surface area contributed by atoms with E-state index in [1.165, 1.54) is 5.56 Å². The van der Waals surface area contributed by atoms with Crippen molar-refractivity contribution in [1.29, 1.82) is 0 Å². The molecule has 25 heavy (non-hydrogen) atoms. The molecule has 7 nitrogen and oxygen atoms in total. The number of anilines is 3. The van der Waals surface area contributed by atoms with Gasteiger partial charge in [-0.1, -0.05) is 0 Å². The number of piperidine rings is 1. The Hall–Kier alpha value is -3.09. The number of hydrogen-bond acceptors (Lipinski definition) is 7. The molecule has 1 aliphatic rings. The van der Waals surface area contributed by atoms with Gasteiger partial charge in [0.1, 0.15) is 11.6 Å². The van der Waals surface area contributed by atoms with E-state index in [0.717, 1.165) is 37.6 Å². The molecule has 7 heteroatoms. The number of hydrogen-bond donors (Lipinski definition) is 1. The Balaban J connectivity index is 1.50. The zero-order valence-corrected chi connectivity index (χ0v) is 13.8. The van der Waals surface area contributed by atoms with Crippen molar-refractivity contribution in [2.24, 2.45) is 0 Å². The van der Waals surface area contributed by atoms with Gasteiger partial charge in [0.2, 0.25) is 5.95 Å². The Morgan fingerprint density at radius 3 is 2.76 bits per heavy atom. The maximum Gasteiger partial charge on any atom is 0.228 e. The van der Waals surface area contributed by atoms with Crippen LogP contribution in [-0.4, -0.2) is 38.0 Å². The maximum absolute atomic E-state index is 4.43. The van der Waals surface area contributed by atoms with Crippen molar-refractivity contribution in [3.8, 4) is 0 Å². The maximum atomic E-state index is 4.43. The average molecular weight is 333 g/mol. The Kier molecular flexibility index (Phi) is 4.45. The Morgan fingerprint density at radius 2 is 1.92 bits per heavy atom. The van der Waals surface area contributed by atoms with Crippen molar-refractivity contribution < 1.29 is 0 Å². The quantitative estimate of drug-likeness (QED) is 0.786. The van der Waals surface area contributed by atoms with Gasteiger partial charge in [0.15, 0.2) is 0 Å². The lowest BCUT2D eigenvalue weighted by molar-refractivity contribution is 0.506. The van der Waals surface area contributed by atoms with Crippen molar-refractivity contribution in [3.05, 3.63) is 60.9 Å². The zero-order chi connectivity index (χ0) is 16.9. The van der Waals surface area contributed by atoms with Crippen molar-refractivity contribution in [3.63, 3.8) is 0 Å². The van der Waals surface area contributed by atoms with Gasteiger partial charge >= 0.3 is 0 Å². The minimum Gasteiger partial charge on any atom is -0.355 e. The lowest BCUT2D eigenvalue weighted by atomic mass is 9.91. The fourth-order valence-corrected chi connectivity index (χ4v) is 3.16. The first-order valence-corrected chi connectivity index (χ1v) is 8.39. The molecule has 1 fully saturated rings. The molecule has 1 atom stereocenters. The van der Waals surface area contributed by atoms with E-state index >= 15 is 0 Å². The van der Waals surface area contributed by atoms with Crippen LogP contribution in [-0.2, 0) is 0 Å². The summed E-state index contributed by atoms with van der Waals surface area (Å²) in [6, 6.07) is 5.96. The molecule has 126 valence electrons. The van der Waals surface area contributed by atoms with E-state index in [2.05, 4.69) is 47.3 Å². The molecular weight excluding hydrogens is 314 g/mol. The van der Waals surface area contributed by atoms with Crippen LogP contribution in [0.1, 0.15) is 24.3 Å². The molecule has 1 unspecified atom stereocenters. The summed E-state index contributed by atoms with van der Waals surface area (Å²) < 4.78 is 0. The van der Waals surface area contributed by atoms with E-state index in [-0.39, 0.29) is 0 Å². The molecular formula is C18H19N7. The van der Waals surface area contributed by atoms with Gasteiger partial charge in [0, 0.05) is 50.0 Å². The van der Waals surface area contributed by atoms with Crippen LogP contribution in [0.5, 0.6) is 0 Å². The fourth-order valence-electron chi connectivity index (χ4n) is 3.16. The van der Waals surface area contributed by atoms with Crippen LogP contribution in [0, 0.1) is 0 Å². The van der Waals surface area contributed by atoms with Gasteiger partial charge in [0.05, 0.1) is 6.20 Å². The van der Waals surface area contributed by atoms with Gasteiger partial charge in [-0.2, -0.15) is 0 Å². The molecule has 3 aromatic heterocycles. The summed E-state index contributed by atoms with van der Waals surface area (Å²) in [5.74, 6) is 2.70. The predicted octanol–water partition coefficient (Wildman–Crippen LogP) is 2.79. The van der Waals surface area contributed by atoms with Crippen LogP contribution in [0.15, 0.2) is 55.4 Å². The van der Waals surface area contributed by atoms with E-state index in [4.69, 9.17) is 0 Å². The lowest BCUT2D eigenvalue weighted by Crippen LogP contribution is -2.35. The summed E-state index contributed by atoms with van der Waals surface area (Å²) in [5, 5.41) is 3.16. The number of aromatic nitrogens is 5.